The number of halogens is 1. The molecule has 0 aliphatic heterocycles. The van der Waals surface area contributed by atoms with Gasteiger partial charge in [-0.05, 0) is 24.1 Å². The third kappa shape index (κ3) is 3.42. The highest BCUT2D eigenvalue weighted by molar-refractivity contribution is 6.30. The Hall–Kier alpha value is -2.14. The zero-order valence-electron chi connectivity index (χ0n) is 10.1. The van der Waals surface area contributed by atoms with E-state index in [0.717, 1.165) is 12.0 Å². The minimum Gasteiger partial charge on any atom is -0.383 e. The van der Waals surface area contributed by atoms with Crippen molar-refractivity contribution in [2.24, 2.45) is 0 Å². The average Bonchev–Trinajstić information content (AvgIpc) is 2.41. The smallest absolute Gasteiger partial charge is 0.157 e. The van der Waals surface area contributed by atoms with Crippen LogP contribution in [0.25, 0.3) is 0 Å². The molecule has 1 aromatic heterocycles. The molecule has 0 fully saturated rings. The van der Waals surface area contributed by atoms with E-state index < -0.39 is 0 Å². The molecular formula is C13H13ClN4O. The zero-order chi connectivity index (χ0) is 13.7. The molecule has 2 aromatic rings. The van der Waals surface area contributed by atoms with Crippen LogP contribution in [0.3, 0.4) is 0 Å². The van der Waals surface area contributed by atoms with E-state index in [0.29, 0.717) is 29.2 Å². The first-order valence-electron chi connectivity index (χ1n) is 5.74. The van der Waals surface area contributed by atoms with Gasteiger partial charge in [0.25, 0.3) is 0 Å². The largest absolute Gasteiger partial charge is 0.383 e. The van der Waals surface area contributed by atoms with Crippen molar-refractivity contribution in [3.8, 4) is 0 Å². The summed E-state index contributed by atoms with van der Waals surface area (Å²) in [6, 6.07) is 7.60. The van der Waals surface area contributed by atoms with Gasteiger partial charge in [0, 0.05) is 11.6 Å². The average molecular weight is 277 g/mol. The standard InChI is InChI=1S/C13H13ClN4O/c14-10-3-1-9(2-4-10)5-6-16-13-11(7-19)12(15)17-8-18-13/h1-4,7-8H,5-6H2,(H3,15,16,17,18). The molecule has 0 saturated heterocycles. The van der Waals surface area contributed by atoms with Crippen molar-refractivity contribution in [2.45, 2.75) is 6.42 Å². The molecule has 0 aliphatic rings. The molecule has 3 N–H and O–H groups in total. The van der Waals surface area contributed by atoms with Gasteiger partial charge in [-0.15, -0.1) is 0 Å². The molecule has 0 bridgehead atoms. The van der Waals surface area contributed by atoms with Crippen molar-refractivity contribution in [2.75, 3.05) is 17.6 Å². The number of nitrogens with two attached hydrogens (primary N) is 1. The third-order valence-electron chi connectivity index (χ3n) is 2.65. The number of aromatic nitrogens is 2. The second-order valence-electron chi connectivity index (χ2n) is 3.94. The Bertz CT molecular complexity index is 571. The summed E-state index contributed by atoms with van der Waals surface area (Å²) in [7, 11) is 0. The first kappa shape index (κ1) is 13.3. The van der Waals surface area contributed by atoms with Gasteiger partial charge in [0.05, 0.1) is 5.56 Å². The van der Waals surface area contributed by atoms with E-state index in [9.17, 15) is 4.79 Å². The zero-order valence-corrected chi connectivity index (χ0v) is 10.9. The van der Waals surface area contributed by atoms with Gasteiger partial charge in [-0.3, -0.25) is 4.79 Å². The number of anilines is 2. The van der Waals surface area contributed by atoms with Gasteiger partial charge in [-0.2, -0.15) is 0 Å². The maximum Gasteiger partial charge on any atom is 0.157 e. The van der Waals surface area contributed by atoms with Crippen LogP contribution in [0.4, 0.5) is 11.6 Å². The lowest BCUT2D eigenvalue weighted by Crippen LogP contribution is -2.10. The first-order chi connectivity index (χ1) is 9.20. The van der Waals surface area contributed by atoms with Crippen LogP contribution < -0.4 is 11.1 Å². The van der Waals surface area contributed by atoms with E-state index in [1.165, 1.54) is 6.33 Å². The number of nitrogen functional groups attached to an aromatic ring is 1. The van der Waals surface area contributed by atoms with Crippen molar-refractivity contribution in [1.29, 1.82) is 0 Å². The van der Waals surface area contributed by atoms with Crippen LogP contribution >= 0.6 is 11.6 Å². The van der Waals surface area contributed by atoms with Crippen LogP contribution in [-0.4, -0.2) is 22.8 Å². The Kier molecular flexibility index (Phi) is 4.30. The van der Waals surface area contributed by atoms with Gasteiger partial charge in [-0.1, -0.05) is 23.7 Å². The summed E-state index contributed by atoms with van der Waals surface area (Å²) in [6.45, 7) is 0.638. The number of carbonyl (C=O) groups is 1. The fourth-order valence-corrected chi connectivity index (χ4v) is 1.77. The Morgan fingerprint density at radius 3 is 2.68 bits per heavy atom. The summed E-state index contributed by atoms with van der Waals surface area (Å²) in [5.41, 5.74) is 7.03. The molecule has 0 atom stereocenters. The van der Waals surface area contributed by atoms with Crippen LogP contribution in [0.1, 0.15) is 15.9 Å². The summed E-state index contributed by atoms with van der Waals surface area (Å²) < 4.78 is 0. The Labute approximate surface area is 115 Å². The Morgan fingerprint density at radius 1 is 1.26 bits per heavy atom. The van der Waals surface area contributed by atoms with E-state index in [4.69, 9.17) is 17.3 Å². The highest BCUT2D eigenvalue weighted by Gasteiger charge is 2.07. The number of nitrogens with zero attached hydrogens (tertiary/aromatic N) is 2. The summed E-state index contributed by atoms with van der Waals surface area (Å²) in [5, 5.41) is 3.78. The van der Waals surface area contributed by atoms with Crippen LogP contribution in [0.2, 0.25) is 5.02 Å². The summed E-state index contributed by atoms with van der Waals surface area (Å²) in [4.78, 5) is 18.7. The van der Waals surface area contributed by atoms with E-state index in [2.05, 4.69) is 15.3 Å². The number of nitrogens with one attached hydrogen (secondary N) is 1. The molecule has 5 nitrogen and oxygen atoms in total. The molecule has 98 valence electrons. The van der Waals surface area contributed by atoms with Crippen molar-refractivity contribution in [3.05, 3.63) is 46.7 Å². The fourth-order valence-electron chi connectivity index (χ4n) is 1.64. The molecule has 0 radical (unpaired) electrons. The number of aldehydes is 1. The normalized spacial score (nSPS) is 10.2. The van der Waals surface area contributed by atoms with E-state index >= 15 is 0 Å². The van der Waals surface area contributed by atoms with Crippen LogP contribution in [0.15, 0.2) is 30.6 Å². The minimum absolute atomic E-state index is 0.180. The van der Waals surface area contributed by atoms with Crippen molar-refractivity contribution < 1.29 is 4.79 Å². The number of carbonyl (C=O) groups excluding carboxylic acids is 1. The number of rotatable bonds is 5. The van der Waals surface area contributed by atoms with Gasteiger partial charge < -0.3 is 11.1 Å². The molecule has 1 heterocycles. The SMILES string of the molecule is Nc1ncnc(NCCc2ccc(Cl)cc2)c1C=O. The summed E-state index contributed by atoms with van der Waals surface area (Å²) >= 11 is 5.81. The Balaban J connectivity index is 1.98. The number of hydrogen-bond donors (Lipinski definition) is 2. The van der Waals surface area contributed by atoms with Gasteiger partial charge in [0.15, 0.2) is 6.29 Å². The van der Waals surface area contributed by atoms with E-state index in [1.54, 1.807) is 0 Å². The van der Waals surface area contributed by atoms with Crippen LogP contribution in [0.5, 0.6) is 0 Å². The topological polar surface area (TPSA) is 80.9 Å². The van der Waals surface area contributed by atoms with E-state index in [1.807, 2.05) is 24.3 Å². The monoisotopic (exact) mass is 276 g/mol. The summed E-state index contributed by atoms with van der Waals surface area (Å²) in [5.74, 6) is 0.635. The number of hydrogen-bond acceptors (Lipinski definition) is 5. The Morgan fingerprint density at radius 2 is 2.00 bits per heavy atom. The lowest BCUT2D eigenvalue weighted by molar-refractivity contribution is 0.112. The maximum absolute atomic E-state index is 10.9. The minimum atomic E-state index is 0.180. The second-order valence-corrected chi connectivity index (χ2v) is 4.38. The predicted molar refractivity (Wildman–Crippen MR) is 75.5 cm³/mol. The van der Waals surface area contributed by atoms with Gasteiger partial charge in [-0.25, -0.2) is 9.97 Å². The third-order valence-corrected chi connectivity index (χ3v) is 2.90. The lowest BCUT2D eigenvalue weighted by atomic mass is 10.1. The molecule has 0 unspecified atom stereocenters. The highest BCUT2D eigenvalue weighted by atomic mass is 35.5. The van der Waals surface area contributed by atoms with Gasteiger partial charge >= 0.3 is 0 Å². The molecule has 0 spiro atoms. The van der Waals surface area contributed by atoms with E-state index in [-0.39, 0.29) is 5.82 Å². The van der Waals surface area contributed by atoms with Gasteiger partial charge in [0.1, 0.15) is 18.0 Å². The lowest BCUT2D eigenvalue weighted by Gasteiger charge is -2.08. The molecule has 0 aliphatic carbocycles. The van der Waals surface area contributed by atoms with Gasteiger partial charge in [0.2, 0.25) is 0 Å². The molecule has 2 rings (SSSR count). The molecule has 0 saturated carbocycles. The fraction of sp³-hybridized carbons (Fsp3) is 0.154. The van der Waals surface area contributed by atoms with Crippen molar-refractivity contribution in [3.63, 3.8) is 0 Å². The molecule has 0 amide bonds. The molecular weight excluding hydrogens is 264 g/mol. The quantitative estimate of drug-likeness (QED) is 0.818. The number of benzene rings is 1. The predicted octanol–water partition coefficient (Wildman–Crippen LogP) is 2.18. The van der Waals surface area contributed by atoms with Crippen molar-refractivity contribution in [1.82, 2.24) is 9.97 Å². The van der Waals surface area contributed by atoms with Crippen LogP contribution in [-0.2, 0) is 6.42 Å². The van der Waals surface area contributed by atoms with Crippen molar-refractivity contribution >= 4 is 29.5 Å². The van der Waals surface area contributed by atoms with Crippen LogP contribution in [0, 0.1) is 0 Å². The molecule has 6 heteroatoms. The maximum atomic E-state index is 10.9. The summed E-state index contributed by atoms with van der Waals surface area (Å²) in [6.07, 6.45) is 2.77. The highest BCUT2D eigenvalue weighted by Crippen LogP contribution is 2.14. The first-order valence-corrected chi connectivity index (χ1v) is 6.12. The molecule has 19 heavy (non-hydrogen) atoms. The molecule has 1 aromatic carbocycles. The second kappa shape index (κ2) is 6.15.